The minimum absolute atomic E-state index is 0.171. The summed E-state index contributed by atoms with van der Waals surface area (Å²) in [7, 11) is 1.56. The highest BCUT2D eigenvalue weighted by atomic mass is 16.6. The smallest absolute Gasteiger partial charge is 0.137 e. The van der Waals surface area contributed by atoms with Crippen molar-refractivity contribution in [3.05, 3.63) is 11.9 Å². The van der Waals surface area contributed by atoms with Gasteiger partial charge in [-0.1, -0.05) is 5.21 Å². The molecule has 1 saturated heterocycles. The molecule has 3 atom stereocenters. The molecule has 0 bridgehead atoms. The first-order valence-electron chi connectivity index (χ1n) is 7.10. The van der Waals surface area contributed by atoms with Gasteiger partial charge in [0.05, 0.1) is 38.2 Å². The van der Waals surface area contributed by atoms with Gasteiger partial charge >= 0.3 is 0 Å². The van der Waals surface area contributed by atoms with Crippen molar-refractivity contribution in [2.75, 3.05) is 20.3 Å². The summed E-state index contributed by atoms with van der Waals surface area (Å²) in [4.78, 5) is 0. The maximum absolute atomic E-state index is 10.3. The zero-order valence-corrected chi connectivity index (χ0v) is 12.0. The summed E-state index contributed by atoms with van der Waals surface area (Å²) in [5, 5.41) is 37.9. The molecule has 0 amide bonds. The maximum Gasteiger partial charge on any atom is 0.137 e. The summed E-state index contributed by atoms with van der Waals surface area (Å²) in [5.74, 6) is 0. The molecule has 0 radical (unpaired) electrons. The topological polar surface area (TPSA) is 110 Å². The van der Waals surface area contributed by atoms with E-state index >= 15 is 0 Å². The predicted molar refractivity (Wildman–Crippen MR) is 70.3 cm³/mol. The molecule has 1 aromatic heterocycles. The van der Waals surface area contributed by atoms with Gasteiger partial charge in [-0.25, -0.2) is 4.68 Å². The standard InChI is InChI=1S/C13H21N3O5/c1-20-9-4-11(18)13(8-17,21-6-9)7-16-5-10(14-15-16)12(19)2-3-12/h5,9,11,17-19H,2-4,6-8H2,1H3. The summed E-state index contributed by atoms with van der Waals surface area (Å²) < 4.78 is 12.3. The minimum atomic E-state index is -1.12. The van der Waals surface area contributed by atoms with E-state index < -0.39 is 17.3 Å². The maximum atomic E-state index is 10.3. The molecule has 8 nitrogen and oxygen atoms in total. The number of aromatic nitrogens is 3. The van der Waals surface area contributed by atoms with Crippen LogP contribution in [0.15, 0.2) is 6.20 Å². The molecule has 1 aliphatic heterocycles. The Morgan fingerprint density at radius 3 is 2.86 bits per heavy atom. The van der Waals surface area contributed by atoms with E-state index in [4.69, 9.17) is 9.47 Å². The Bertz CT molecular complexity index is 504. The van der Waals surface area contributed by atoms with Crippen LogP contribution in [-0.2, 0) is 21.6 Å². The molecule has 2 aliphatic rings. The highest BCUT2D eigenvalue weighted by molar-refractivity contribution is 5.15. The number of aliphatic hydroxyl groups excluding tert-OH is 2. The summed E-state index contributed by atoms with van der Waals surface area (Å²) in [6.45, 7) is 0.147. The Hall–Kier alpha value is -1.06. The van der Waals surface area contributed by atoms with E-state index in [1.807, 2.05) is 0 Å². The van der Waals surface area contributed by atoms with Gasteiger partial charge in [0, 0.05) is 13.5 Å². The largest absolute Gasteiger partial charge is 0.393 e. The summed E-state index contributed by atoms with van der Waals surface area (Å²) in [6, 6.07) is 0. The lowest BCUT2D eigenvalue weighted by atomic mass is 9.90. The van der Waals surface area contributed by atoms with Crippen molar-refractivity contribution in [2.24, 2.45) is 0 Å². The molecular weight excluding hydrogens is 278 g/mol. The fourth-order valence-corrected chi connectivity index (χ4v) is 2.64. The van der Waals surface area contributed by atoms with E-state index in [0.29, 0.717) is 31.6 Å². The highest BCUT2D eigenvalue weighted by Crippen LogP contribution is 2.44. The number of hydrogen-bond donors (Lipinski definition) is 3. The molecule has 2 heterocycles. The summed E-state index contributed by atoms with van der Waals surface area (Å²) in [6.07, 6.45) is 2.36. The van der Waals surface area contributed by atoms with Gasteiger partial charge in [0.1, 0.15) is 16.9 Å². The Labute approximate surface area is 122 Å². The second kappa shape index (κ2) is 5.29. The van der Waals surface area contributed by atoms with Crippen molar-refractivity contribution in [3.8, 4) is 0 Å². The first-order chi connectivity index (χ1) is 10.0. The molecule has 21 heavy (non-hydrogen) atoms. The molecule has 1 saturated carbocycles. The van der Waals surface area contributed by atoms with Gasteiger partial charge in [0.25, 0.3) is 0 Å². The lowest BCUT2D eigenvalue weighted by Gasteiger charge is -2.42. The SMILES string of the molecule is COC1COC(CO)(Cn2cc(C3(O)CC3)nn2)C(O)C1. The van der Waals surface area contributed by atoms with E-state index in [1.165, 1.54) is 4.68 Å². The van der Waals surface area contributed by atoms with Crippen LogP contribution in [0.3, 0.4) is 0 Å². The zero-order chi connectivity index (χ0) is 15.1. The number of aliphatic hydroxyl groups is 3. The quantitative estimate of drug-likeness (QED) is 0.625. The van der Waals surface area contributed by atoms with Crippen LogP contribution >= 0.6 is 0 Å². The first kappa shape index (κ1) is 14.9. The van der Waals surface area contributed by atoms with Gasteiger partial charge in [-0.15, -0.1) is 5.10 Å². The lowest BCUT2D eigenvalue weighted by molar-refractivity contribution is -0.214. The van der Waals surface area contributed by atoms with Crippen molar-refractivity contribution in [1.29, 1.82) is 0 Å². The Morgan fingerprint density at radius 2 is 2.29 bits per heavy atom. The van der Waals surface area contributed by atoms with Crippen LogP contribution < -0.4 is 0 Å². The summed E-state index contributed by atoms with van der Waals surface area (Å²) in [5.41, 5.74) is -1.44. The molecule has 118 valence electrons. The number of methoxy groups -OCH3 is 1. The van der Waals surface area contributed by atoms with E-state index in [2.05, 4.69) is 10.3 Å². The van der Waals surface area contributed by atoms with Gasteiger partial charge in [0.2, 0.25) is 0 Å². The van der Waals surface area contributed by atoms with Gasteiger partial charge in [0.15, 0.2) is 0 Å². The van der Waals surface area contributed by atoms with E-state index in [-0.39, 0.29) is 19.3 Å². The Kier molecular flexibility index (Phi) is 3.74. The van der Waals surface area contributed by atoms with Crippen LogP contribution in [0.5, 0.6) is 0 Å². The third-order valence-electron chi connectivity index (χ3n) is 4.42. The third-order valence-corrected chi connectivity index (χ3v) is 4.42. The fourth-order valence-electron chi connectivity index (χ4n) is 2.64. The predicted octanol–water partition coefficient (Wildman–Crippen LogP) is -1.21. The zero-order valence-electron chi connectivity index (χ0n) is 12.0. The van der Waals surface area contributed by atoms with Crippen LogP contribution in [0.2, 0.25) is 0 Å². The monoisotopic (exact) mass is 299 g/mol. The second-order valence-electron chi connectivity index (χ2n) is 5.98. The van der Waals surface area contributed by atoms with Crippen LogP contribution in [0, 0.1) is 0 Å². The van der Waals surface area contributed by atoms with Crippen LogP contribution in [0.4, 0.5) is 0 Å². The minimum Gasteiger partial charge on any atom is -0.393 e. The van der Waals surface area contributed by atoms with E-state index in [0.717, 1.165) is 0 Å². The third kappa shape index (κ3) is 2.69. The molecule has 3 rings (SSSR count). The van der Waals surface area contributed by atoms with Crippen molar-refractivity contribution in [3.63, 3.8) is 0 Å². The molecule has 3 unspecified atom stereocenters. The van der Waals surface area contributed by atoms with Gasteiger partial charge < -0.3 is 24.8 Å². The van der Waals surface area contributed by atoms with Gasteiger partial charge in [-0.2, -0.15) is 0 Å². The molecule has 8 heteroatoms. The average Bonchev–Trinajstić information content (AvgIpc) is 3.06. The summed E-state index contributed by atoms with van der Waals surface area (Å²) >= 11 is 0. The van der Waals surface area contributed by atoms with Crippen molar-refractivity contribution < 1.29 is 24.8 Å². The fraction of sp³-hybridized carbons (Fsp3) is 0.846. The molecular formula is C13H21N3O5. The number of hydrogen-bond acceptors (Lipinski definition) is 7. The highest BCUT2D eigenvalue weighted by Gasteiger charge is 2.47. The Balaban J connectivity index is 1.73. The van der Waals surface area contributed by atoms with Crippen molar-refractivity contribution in [1.82, 2.24) is 15.0 Å². The Morgan fingerprint density at radius 1 is 1.52 bits per heavy atom. The molecule has 0 spiro atoms. The molecule has 1 aromatic rings. The molecule has 1 aliphatic carbocycles. The molecule has 2 fully saturated rings. The van der Waals surface area contributed by atoms with Crippen LogP contribution in [-0.4, -0.2) is 68.4 Å². The average molecular weight is 299 g/mol. The normalized spacial score (nSPS) is 34.9. The van der Waals surface area contributed by atoms with Gasteiger partial charge in [-0.05, 0) is 12.8 Å². The van der Waals surface area contributed by atoms with Crippen molar-refractivity contribution in [2.45, 2.75) is 49.2 Å². The first-order valence-corrected chi connectivity index (χ1v) is 7.10. The van der Waals surface area contributed by atoms with Crippen LogP contribution in [0.1, 0.15) is 25.0 Å². The van der Waals surface area contributed by atoms with Gasteiger partial charge in [-0.3, -0.25) is 0 Å². The molecule has 0 aromatic carbocycles. The van der Waals surface area contributed by atoms with Crippen LogP contribution in [0.25, 0.3) is 0 Å². The van der Waals surface area contributed by atoms with E-state index in [1.54, 1.807) is 13.3 Å². The number of nitrogens with zero attached hydrogens (tertiary/aromatic N) is 3. The number of rotatable bonds is 5. The van der Waals surface area contributed by atoms with E-state index in [9.17, 15) is 15.3 Å². The molecule has 3 N–H and O–H groups in total. The number of ether oxygens (including phenoxy) is 2. The lowest BCUT2D eigenvalue weighted by Crippen LogP contribution is -2.57. The van der Waals surface area contributed by atoms with Crippen molar-refractivity contribution >= 4 is 0 Å². The second-order valence-corrected chi connectivity index (χ2v) is 5.98.